The van der Waals surface area contributed by atoms with Crippen LogP contribution in [-0.4, -0.2) is 47.1 Å². The van der Waals surface area contributed by atoms with E-state index in [0.717, 1.165) is 13.2 Å². The summed E-state index contributed by atoms with van der Waals surface area (Å²) in [6.07, 6.45) is -1.91. The quantitative estimate of drug-likeness (QED) is 0.894. The number of alkyl halides is 3. The summed E-state index contributed by atoms with van der Waals surface area (Å²) < 4.78 is 36.4. The Morgan fingerprint density at radius 2 is 2.11 bits per heavy atom. The van der Waals surface area contributed by atoms with Crippen LogP contribution in [-0.2, 0) is 0 Å². The predicted octanol–water partition coefficient (Wildman–Crippen LogP) is 1.54. The van der Waals surface area contributed by atoms with Gasteiger partial charge in [-0.1, -0.05) is 0 Å². The van der Waals surface area contributed by atoms with Crippen LogP contribution in [0.3, 0.4) is 0 Å². The molecule has 18 heavy (non-hydrogen) atoms. The lowest BCUT2D eigenvalue weighted by atomic mass is 10.3. The highest BCUT2D eigenvalue weighted by molar-refractivity contribution is 5.92. The Bertz CT molecular complexity index is 422. The van der Waals surface area contributed by atoms with Crippen molar-refractivity contribution in [1.82, 2.24) is 14.9 Å². The number of nitrogens with zero attached hydrogens (tertiary/aromatic N) is 3. The summed E-state index contributed by atoms with van der Waals surface area (Å²) in [5.41, 5.74) is -0.125. The zero-order valence-corrected chi connectivity index (χ0v) is 9.95. The SMILES string of the molecule is CCNc1cncc(C(=O)N(C)CC(F)(F)F)n1. The number of rotatable bonds is 4. The standard InChI is InChI=1S/C10H13F3N4O/c1-3-15-8-5-14-4-7(16-8)9(18)17(2)6-10(11,12)13/h4-5H,3,6H2,1-2H3,(H,15,16). The first kappa shape index (κ1) is 14.2. The molecule has 0 spiro atoms. The molecule has 1 rings (SSSR count). The summed E-state index contributed by atoms with van der Waals surface area (Å²) in [5, 5.41) is 2.82. The highest BCUT2D eigenvalue weighted by Crippen LogP contribution is 2.16. The van der Waals surface area contributed by atoms with E-state index in [1.54, 1.807) is 0 Å². The van der Waals surface area contributed by atoms with E-state index in [0.29, 0.717) is 17.3 Å². The zero-order chi connectivity index (χ0) is 13.8. The maximum Gasteiger partial charge on any atom is 0.406 e. The molecule has 1 aromatic rings. The van der Waals surface area contributed by atoms with E-state index in [2.05, 4.69) is 15.3 Å². The van der Waals surface area contributed by atoms with Gasteiger partial charge in [-0.3, -0.25) is 9.78 Å². The summed E-state index contributed by atoms with van der Waals surface area (Å²) in [6, 6.07) is 0. The van der Waals surface area contributed by atoms with Gasteiger partial charge in [0, 0.05) is 13.6 Å². The van der Waals surface area contributed by atoms with Crippen molar-refractivity contribution < 1.29 is 18.0 Å². The van der Waals surface area contributed by atoms with Crippen LogP contribution >= 0.6 is 0 Å². The molecule has 0 aliphatic heterocycles. The van der Waals surface area contributed by atoms with Gasteiger partial charge in [0.25, 0.3) is 5.91 Å². The monoisotopic (exact) mass is 262 g/mol. The zero-order valence-electron chi connectivity index (χ0n) is 9.95. The van der Waals surface area contributed by atoms with Crippen molar-refractivity contribution in [2.45, 2.75) is 13.1 Å². The highest BCUT2D eigenvalue weighted by Gasteiger charge is 2.31. The lowest BCUT2D eigenvalue weighted by Crippen LogP contribution is -2.36. The topological polar surface area (TPSA) is 58.1 Å². The van der Waals surface area contributed by atoms with Crippen molar-refractivity contribution in [3.8, 4) is 0 Å². The molecule has 0 bridgehead atoms. The summed E-state index contributed by atoms with van der Waals surface area (Å²) in [4.78, 5) is 19.9. The van der Waals surface area contributed by atoms with E-state index < -0.39 is 18.6 Å². The molecular weight excluding hydrogens is 249 g/mol. The molecule has 1 heterocycles. The fourth-order valence-electron chi connectivity index (χ4n) is 1.27. The maximum absolute atomic E-state index is 12.1. The molecule has 1 N–H and O–H groups in total. The van der Waals surface area contributed by atoms with Crippen LogP contribution < -0.4 is 5.32 Å². The van der Waals surface area contributed by atoms with Crippen molar-refractivity contribution in [1.29, 1.82) is 0 Å². The van der Waals surface area contributed by atoms with Crippen LogP contribution in [0.5, 0.6) is 0 Å². The largest absolute Gasteiger partial charge is 0.406 e. The number of anilines is 1. The van der Waals surface area contributed by atoms with Gasteiger partial charge < -0.3 is 10.2 Å². The minimum Gasteiger partial charge on any atom is -0.369 e. The van der Waals surface area contributed by atoms with E-state index in [4.69, 9.17) is 0 Å². The Morgan fingerprint density at radius 3 is 2.67 bits per heavy atom. The third-order valence-electron chi connectivity index (χ3n) is 1.97. The van der Waals surface area contributed by atoms with Crippen molar-refractivity contribution >= 4 is 11.7 Å². The van der Waals surface area contributed by atoms with Gasteiger partial charge in [0.15, 0.2) is 0 Å². The number of hydrogen-bond acceptors (Lipinski definition) is 4. The van der Waals surface area contributed by atoms with Gasteiger partial charge in [0.1, 0.15) is 18.1 Å². The van der Waals surface area contributed by atoms with Gasteiger partial charge in [-0.25, -0.2) is 4.98 Å². The molecule has 0 atom stereocenters. The van der Waals surface area contributed by atoms with E-state index >= 15 is 0 Å². The van der Waals surface area contributed by atoms with Crippen LogP contribution in [0, 0.1) is 0 Å². The molecule has 0 radical (unpaired) electrons. The van der Waals surface area contributed by atoms with Gasteiger partial charge in [-0.15, -0.1) is 0 Å². The Kier molecular flexibility index (Phi) is 4.46. The van der Waals surface area contributed by atoms with Crippen LogP contribution in [0.25, 0.3) is 0 Å². The first-order chi connectivity index (χ1) is 8.33. The van der Waals surface area contributed by atoms with Gasteiger partial charge in [-0.05, 0) is 6.92 Å². The molecule has 5 nitrogen and oxygen atoms in total. The average molecular weight is 262 g/mol. The first-order valence-electron chi connectivity index (χ1n) is 5.21. The van der Waals surface area contributed by atoms with Crippen molar-refractivity contribution in [3.63, 3.8) is 0 Å². The Balaban J connectivity index is 2.80. The number of carbonyl (C=O) groups is 1. The van der Waals surface area contributed by atoms with Crippen molar-refractivity contribution in [2.75, 3.05) is 25.5 Å². The maximum atomic E-state index is 12.1. The number of aromatic nitrogens is 2. The predicted molar refractivity (Wildman–Crippen MR) is 59.2 cm³/mol. The summed E-state index contributed by atoms with van der Waals surface area (Å²) in [7, 11) is 1.07. The number of hydrogen-bond donors (Lipinski definition) is 1. The molecule has 8 heteroatoms. The summed E-state index contributed by atoms with van der Waals surface area (Å²) in [6.45, 7) is 1.08. The molecular formula is C10H13F3N4O. The van der Waals surface area contributed by atoms with Gasteiger partial charge >= 0.3 is 6.18 Å². The third-order valence-corrected chi connectivity index (χ3v) is 1.97. The number of nitrogens with one attached hydrogen (secondary N) is 1. The molecule has 1 aromatic heterocycles. The van der Waals surface area contributed by atoms with Gasteiger partial charge in [0.05, 0.1) is 12.4 Å². The fraction of sp³-hybridized carbons (Fsp3) is 0.500. The number of halogens is 3. The highest BCUT2D eigenvalue weighted by atomic mass is 19.4. The van der Waals surface area contributed by atoms with Crippen molar-refractivity contribution in [3.05, 3.63) is 18.1 Å². The molecule has 1 amide bonds. The molecule has 0 unspecified atom stereocenters. The lowest BCUT2D eigenvalue weighted by Gasteiger charge is -2.18. The second kappa shape index (κ2) is 5.65. The van der Waals surface area contributed by atoms with E-state index in [9.17, 15) is 18.0 Å². The van der Waals surface area contributed by atoms with E-state index in [1.165, 1.54) is 6.20 Å². The normalized spacial score (nSPS) is 11.2. The molecule has 0 saturated heterocycles. The van der Waals surface area contributed by atoms with Gasteiger partial charge in [0.2, 0.25) is 0 Å². The van der Waals surface area contributed by atoms with E-state index in [-0.39, 0.29) is 5.69 Å². The number of carbonyl (C=O) groups excluding carboxylic acids is 1. The summed E-state index contributed by atoms with van der Waals surface area (Å²) in [5.74, 6) is -0.469. The minimum absolute atomic E-state index is 0.125. The minimum atomic E-state index is -4.43. The molecule has 0 aliphatic carbocycles. The first-order valence-corrected chi connectivity index (χ1v) is 5.21. The van der Waals surface area contributed by atoms with Crippen LogP contribution in [0.15, 0.2) is 12.4 Å². The van der Waals surface area contributed by atoms with Crippen LogP contribution in [0.2, 0.25) is 0 Å². The molecule has 0 saturated carbocycles. The van der Waals surface area contributed by atoms with E-state index in [1.807, 2.05) is 6.92 Å². The van der Waals surface area contributed by atoms with Crippen molar-refractivity contribution in [2.24, 2.45) is 0 Å². The average Bonchev–Trinajstić information content (AvgIpc) is 2.26. The third kappa shape index (κ3) is 4.19. The molecule has 0 aromatic carbocycles. The molecule has 0 fully saturated rings. The number of amides is 1. The Hall–Kier alpha value is -1.86. The second-order valence-electron chi connectivity index (χ2n) is 3.60. The Labute approximate surface area is 102 Å². The van der Waals surface area contributed by atoms with Crippen LogP contribution in [0.1, 0.15) is 17.4 Å². The molecule has 100 valence electrons. The smallest absolute Gasteiger partial charge is 0.369 e. The Morgan fingerprint density at radius 1 is 1.44 bits per heavy atom. The van der Waals surface area contributed by atoms with Crippen LogP contribution in [0.4, 0.5) is 19.0 Å². The summed E-state index contributed by atoms with van der Waals surface area (Å²) >= 11 is 0. The second-order valence-corrected chi connectivity index (χ2v) is 3.60. The fourth-order valence-corrected chi connectivity index (χ4v) is 1.27. The lowest BCUT2D eigenvalue weighted by molar-refractivity contribution is -0.138. The van der Waals surface area contributed by atoms with Gasteiger partial charge in [-0.2, -0.15) is 13.2 Å². The molecule has 0 aliphatic rings.